The highest BCUT2D eigenvalue weighted by atomic mass is 15.2. The Bertz CT molecular complexity index is 2020. The predicted molar refractivity (Wildman–Crippen MR) is 265 cm³/mol. The molecule has 4 aromatic heterocycles. The standard InChI is InChI=1S/C58H82N8/c1-59-29-13-25-55(59)51-21-9-37-63(43-51)33-5-17-47-41-49(19-7-35-65-39-11-23-53(45-65)57-27-15-31-61(57)3)50(20-8-36-66-40-12-24-54(46-66)58-28-16-32-62(58)4)42-48(47)18-6-34-64-38-10-22-52(44-64)56-26-14-30-60(56)2/h9-12,21-24,37-46,55-58H,5-8,13-20,25-36H2,1-4H3/q+4. The summed E-state index contributed by atoms with van der Waals surface area (Å²) in [5, 5.41) is 0. The molecule has 0 bridgehead atoms. The number of nitrogens with zero attached hydrogens (tertiary/aromatic N) is 8. The first kappa shape index (κ1) is 46.8. The third-order valence-corrected chi connectivity index (χ3v) is 16.1. The summed E-state index contributed by atoms with van der Waals surface area (Å²) >= 11 is 0. The summed E-state index contributed by atoms with van der Waals surface area (Å²) in [6.45, 7) is 9.02. The molecule has 4 fully saturated rings. The summed E-state index contributed by atoms with van der Waals surface area (Å²) in [6, 6.07) is 26.1. The van der Waals surface area contributed by atoms with Crippen molar-refractivity contribution in [2.24, 2.45) is 0 Å². The van der Waals surface area contributed by atoms with E-state index in [-0.39, 0.29) is 0 Å². The average molecular weight is 891 g/mol. The number of rotatable bonds is 20. The molecule has 4 aliphatic heterocycles. The third-order valence-electron chi connectivity index (χ3n) is 16.1. The van der Waals surface area contributed by atoms with Crippen LogP contribution >= 0.6 is 0 Å². The molecule has 350 valence electrons. The lowest BCUT2D eigenvalue weighted by molar-refractivity contribution is -0.698. The van der Waals surface area contributed by atoms with E-state index in [0.29, 0.717) is 24.2 Å². The van der Waals surface area contributed by atoms with Gasteiger partial charge in [0.1, 0.15) is 26.2 Å². The third kappa shape index (κ3) is 11.8. The van der Waals surface area contributed by atoms with Gasteiger partial charge in [0.2, 0.25) is 0 Å². The van der Waals surface area contributed by atoms with Crippen molar-refractivity contribution in [1.29, 1.82) is 0 Å². The van der Waals surface area contributed by atoms with E-state index in [9.17, 15) is 0 Å². The highest BCUT2D eigenvalue weighted by Crippen LogP contribution is 2.32. The van der Waals surface area contributed by atoms with Crippen molar-refractivity contribution >= 4 is 0 Å². The van der Waals surface area contributed by atoms with Gasteiger partial charge < -0.3 is 0 Å². The van der Waals surface area contributed by atoms with Gasteiger partial charge in [-0.15, -0.1) is 0 Å². The number of hydrogen-bond acceptors (Lipinski definition) is 4. The van der Waals surface area contributed by atoms with Gasteiger partial charge in [0.15, 0.2) is 49.6 Å². The molecule has 0 amide bonds. The van der Waals surface area contributed by atoms with Gasteiger partial charge >= 0.3 is 0 Å². The molecule has 4 atom stereocenters. The van der Waals surface area contributed by atoms with Crippen molar-refractivity contribution in [1.82, 2.24) is 19.6 Å². The Hall–Kier alpha value is -4.34. The van der Waals surface area contributed by atoms with Crippen LogP contribution in [0.1, 0.15) is 146 Å². The summed E-state index contributed by atoms with van der Waals surface area (Å²) in [5.41, 5.74) is 12.2. The second kappa shape index (κ2) is 22.6. The van der Waals surface area contributed by atoms with Gasteiger partial charge in [0.25, 0.3) is 0 Å². The topological polar surface area (TPSA) is 28.5 Å². The second-order valence-corrected chi connectivity index (χ2v) is 20.9. The highest BCUT2D eigenvalue weighted by Gasteiger charge is 2.28. The Morgan fingerprint density at radius 2 is 0.621 bits per heavy atom. The van der Waals surface area contributed by atoms with Gasteiger partial charge in [-0.05, 0) is 178 Å². The minimum atomic E-state index is 0.554. The number of aryl methyl sites for hydroxylation is 8. The Morgan fingerprint density at radius 1 is 0.379 bits per heavy atom. The number of aromatic nitrogens is 4. The molecule has 0 spiro atoms. The van der Waals surface area contributed by atoms with Gasteiger partial charge in [0, 0.05) is 96.4 Å². The fourth-order valence-electron chi connectivity index (χ4n) is 12.4. The smallest absolute Gasteiger partial charge is 0.173 e. The molecule has 4 aliphatic rings. The molecule has 0 radical (unpaired) electrons. The van der Waals surface area contributed by atoms with Gasteiger partial charge in [-0.2, -0.15) is 0 Å². The lowest BCUT2D eigenvalue weighted by Gasteiger charge is -2.19. The van der Waals surface area contributed by atoms with Crippen LogP contribution in [0.25, 0.3) is 0 Å². The highest BCUT2D eigenvalue weighted by molar-refractivity contribution is 5.39. The summed E-state index contributed by atoms with van der Waals surface area (Å²) in [7, 11) is 9.16. The molecule has 66 heavy (non-hydrogen) atoms. The zero-order valence-corrected chi connectivity index (χ0v) is 41.2. The van der Waals surface area contributed by atoms with Crippen LogP contribution in [0, 0.1) is 0 Å². The lowest BCUT2D eigenvalue weighted by Crippen LogP contribution is -2.35. The largest absolute Gasteiger partial charge is 0.299 e. The normalized spacial score (nSPS) is 22.0. The van der Waals surface area contributed by atoms with E-state index >= 15 is 0 Å². The van der Waals surface area contributed by atoms with Gasteiger partial charge in [-0.1, -0.05) is 12.1 Å². The van der Waals surface area contributed by atoms with E-state index in [1.165, 1.54) is 99.8 Å². The molecule has 9 rings (SSSR count). The summed E-state index contributed by atoms with van der Waals surface area (Å²) < 4.78 is 9.86. The van der Waals surface area contributed by atoms with E-state index in [0.717, 1.165) is 77.5 Å². The van der Waals surface area contributed by atoms with Crippen LogP contribution in [0.2, 0.25) is 0 Å². The molecule has 0 N–H and O–H groups in total. The summed E-state index contributed by atoms with van der Waals surface area (Å²) in [5.74, 6) is 0. The lowest BCUT2D eigenvalue weighted by atomic mass is 9.89. The Morgan fingerprint density at radius 3 is 0.833 bits per heavy atom. The fraction of sp³-hybridized carbons (Fsp3) is 0.552. The number of likely N-dealkylation sites (tertiary alicyclic amines) is 4. The van der Waals surface area contributed by atoms with Crippen LogP contribution in [-0.2, 0) is 51.9 Å². The van der Waals surface area contributed by atoms with Crippen molar-refractivity contribution in [3.8, 4) is 0 Å². The molecule has 4 unspecified atom stereocenters. The van der Waals surface area contributed by atoms with Gasteiger partial charge in [0.05, 0.1) is 0 Å². The minimum Gasteiger partial charge on any atom is -0.299 e. The van der Waals surface area contributed by atoms with Crippen molar-refractivity contribution in [2.45, 2.75) is 153 Å². The van der Waals surface area contributed by atoms with Crippen LogP contribution in [0.5, 0.6) is 0 Å². The van der Waals surface area contributed by atoms with Crippen LogP contribution < -0.4 is 18.3 Å². The van der Waals surface area contributed by atoms with E-state index in [2.05, 4.69) is 176 Å². The first-order chi connectivity index (χ1) is 32.3. The first-order valence-corrected chi connectivity index (χ1v) is 26.2. The quantitative estimate of drug-likeness (QED) is 0.0735. The van der Waals surface area contributed by atoms with Crippen molar-refractivity contribution in [2.75, 3.05) is 54.4 Å². The Labute approximate surface area is 398 Å². The maximum Gasteiger partial charge on any atom is 0.173 e. The maximum atomic E-state index is 2.68. The number of pyridine rings is 4. The zero-order valence-electron chi connectivity index (χ0n) is 41.2. The monoisotopic (exact) mass is 891 g/mol. The van der Waals surface area contributed by atoms with E-state index < -0.39 is 0 Å². The Balaban J connectivity index is 0.949. The fourth-order valence-corrected chi connectivity index (χ4v) is 12.4. The summed E-state index contributed by atoms with van der Waals surface area (Å²) in [6.07, 6.45) is 38.2. The Kier molecular flexibility index (Phi) is 16.0. The van der Waals surface area contributed by atoms with Crippen molar-refractivity contribution in [3.05, 3.63) is 155 Å². The molecule has 4 saturated heterocycles. The van der Waals surface area contributed by atoms with Crippen LogP contribution in [0.3, 0.4) is 0 Å². The average Bonchev–Trinajstić information content (AvgIpc) is 4.17. The van der Waals surface area contributed by atoms with Crippen molar-refractivity contribution in [3.63, 3.8) is 0 Å². The SMILES string of the molecule is CN1CCCC1c1ccc[n+](CCCc2cc(CCC[n+]3cccc(C4CCCN4C)c3)c(CCC[n+]3cccc(C4CCCN4C)c3)cc2CCC[n+]2cccc(C3CCCN3C)c2)c1. The maximum absolute atomic E-state index is 2.68. The van der Waals surface area contributed by atoms with E-state index in [1.807, 2.05) is 0 Å². The zero-order chi connectivity index (χ0) is 45.2. The number of benzene rings is 1. The number of hydrogen-bond donors (Lipinski definition) is 0. The van der Waals surface area contributed by atoms with Crippen LogP contribution in [0.4, 0.5) is 0 Å². The van der Waals surface area contributed by atoms with E-state index in [1.54, 1.807) is 22.3 Å². The molecule has 8 heterocycles. The molecular weight excluding hydrogens is 809 g/mol. The molecule has 8 nitrogen and oxygen atoms in total. The van der Waals surface area contributed by atoms with E-state index in [4.69, 9.17) is 0 Å². The molecule has 0 aliphatic carbocycles. The van der Waals surface area contributed by atoms with Crippen molar-refractivity contribution < 1.29 is 18.3 Å². The van der Waals surface area contributed by atoms with Crippen LogP contribution in [-0.4, -0.2) is 74.0 Å². The molecule has 0 saturated carbocycles. The minimum absolute atomic E-state index is 0.554. The van der Waals surface area contributed by atoms with Gasteiger partial charge in [-0.3, -0.25) is 19.6 Å². The van der Waals surface area contributed by atoms with Gasteiger partial charge in [-0.25, -0.2) is 18.3 Å². The van der Waals surface area contributed by atoms with Crippen LogP contribution in [0.15, 0.2) is 110 Å². The predicted octanol–water partition coefficient (Wildman–Crippen LogP) is 8.43. The molecular formula is C58H82N8+4. The first-order valence-electron chi connectivity index (χ1n) is 26.2. The summed E-state index contributed by atoms with van der Waals surface area (Å²) in [4.78, 5) is 10.1. The second-order valence-electron chi connectivity index (χ2n) is 20.9. The molecule has 1 aromatic carbocycles. The molecule has 5 aromatic rings. The molecule has 8 heteroatoms.